The van der Waals surface area contributed by atoms with Crippen LogP contribution < -0.4 is 5.73 Å². The maximum absolute atomic E-state index is 10.9. The molecule has 0 spiro atoms. The molecule has 0 aliphatic heterocycles. The van der Waals surface area contributed by atoms with Crippen LogP contribution >= 0.6 is 11.3 Å². The maximum atomic E-state index is 10.9. The van der Waals surface area contributed by atoms with E-state index in [1.807, 2.05) is 19.1 Å². The van der Waals surface area contributed by atoms with E-state index in [9.17, 15) is 4.79 Å². The summed E-state index contributed by atoms with van der Waals surface area (Å²) in [6.07, 6.45) is 5.58. The molecule has 2 N–H and O–H groups in total. The number of carbonyl (C=O) groups excluding carboxylic acids is 1. The average molecular weight is 193 g/mol. The highest BCUT2D eigenvalue weighted by molar-refractivity contribution is 7.15. The Labute approximate surface area is 81.4 Å². The van der Waals surface area contributed by atoms with Crippen molar-refractivity contribution in [2.24, 2.45) is 5.73 Å². The molecule has 0 aromatic carbocycles. The van der Waals surface area contributed by atoms with Crippen LogP contribution in [-0.4, -0.2) is 5.91 Å². The molecule has 0 saturated carbocycles. The van der Waals surface area contributed by atoms with E-state index in [2.05, 4.69) is 6.58 Å². The molecule has 0 unspecified atom stereocenters. The summed E-state index contributed by atoms with van der Waals surface area (Å²) >= 11 is 1.36. The minimum absolute atomic E-state index is 0.385. The quantitative estimate of drug-likeness (QED) is 0.787. The predicted molar refractivity (Wildman–Crippen MR) is 57.6 cm³/mol. The van der Waals surface area contributed by atoms with E-state index in [0.717, 1.165) is 10.4 Å². The molecular formula is C10H11NOS. The van der Waals surface area contributed by atoms with Gasteiger partial charge in [0.25, 0.3) is 5.91 Å². The van der Waals surface area contributed by atoms with Crippen LogP contribution in [0.4, 0.5) is 0 Å². The van der Waals surface area contributed by atoms with Gasteiger partial charge in [-0.15, -0.1) is 11.3 Å². The molecule has 3 heteroatoms. The van der Waals surface area contributed by atoms with Crippen molar-refractivity contribution in [3.8, 4) is 0 Å². The van der Waals surface area contributed by atoms with Crippen molar-refractivity contribution in [1.82, 2.24) is 0 Å². The number of hydrogen-bond donors (Lipinski definition) is 1. The first-order chi connectivity index (χ1) is 6.19. The van der Waals surface area contributed by atoms with Crippen LogP contribution in [0.3, 0.4) is 0 Å². The minimum atomic E-state index is -0.385. The first-order valence-electron chi connectivity index (χ1n) is 3.87. The summed E-state index contributed by atoms with van der Waals surface area (Å²) in [4.78, 5) is 12.4. The van der Waals surface area contributed by atoms with E-state index < -0.39 is 0 Å². The zero-order chi connectivity index (χ0) is 9.84. The van der Waals surface area contributed by atoms with E-state index in [0.29, 0.717) is 4.88 Å². The van der Waals surface area contributed by atoms with Crippen LogP contribution in [0.5, 0.6) is 0 Å². The highest BCUT2D eigenvalue weighted by atomic mass is 32.1. The first kappa shape index (κ1) is 9.74. The van der Waals surface area contributed by atoms with Crippen molar-refractivity contribution < 1.29 is 4.79 Å². The minimum Gasteiger partial charge on any atom is -0.365 e. The highest BCUT2D eigenvalue weighted by Crippen LogP contribution is 2.24. The molecule has 1 amide bonds. The van der Waals surface area contributed by atoms with Crippen molar-refractivity contribution in [2.45, 2.75) is 6.92 Å². The molecule has 1 rings (SSSR count). The van der Waals surface area contributed by atoms with E-state index >= 15 is 0 Å². The van der Waals surface area contributed by atoms with Gasteiger partial charge in [0.1, 0.15) is 0 Å². The number of hydrogen-bond acceptors (Lipinski definition) is 2. The van der Waals surface area contributed by atoms with Crippen LogP contribution in [0, 0.1) is 0 Å². The SMILES string of the molecule is C=Cc1sc(C(N)=O)cc1/C=C\C. The Hall–Kier alpha value is -1.35. The summed E-state index contributed by atoms with van der Waals surface area (Å²) in [5.41, 5.74) is 6.16. The lowest BCUT2D eigenvalue weighted by molar-refractivity contribution is 0.100. The molecule has 0 atom stereocenters. The number of rotatable bonds is 3. The van der Waals surface area contributed by atoms with Crippen molar-refractivity contribution >= 4 is 29.4 Å². The second kappa shape index (κ2) is 4.05. The molecule has 0 aliphatic carbocycles. The van der Waals surface area contributed by atoms with Gasteiger partial charge < -0.3 is 5.73 Å². The third-order valence-corrected chi connectivity index (χ3v) is 2.73. The summed E-state index contributed by atoms with van der Waals surface area (Å²) in [6.45, 7) is 5.60. The van der Waals surface area contributed by atoms with E-state index in [4.69, 9.17) is 5.73 Å². The Bertz CT molecular complexity index is 363. The molecule has 13 heavy (non-hydrogen) atoms. The smallest absolute Gasteiger partial charge is 0.258 e. The number of thiophene rings is 1. The fourth-order valence-corrected chi connectivity index (χ4v) is 1.86. The largest absolute Gasteiger partial charge is 0.365 e. The molecule has 1 heterocycles. The van der Waals surface area contributed by atoms with Crippen LogP contribution in [-0.2, 0) is 0 Å². The zero-order valence-corrected chi connectivity index (χ0v) is 8.23. The third-order valence-electron chi connectivity index (χ3n) is 1.57. The Morgan fingerprint density at radius 2 is 2.38 bits per heavy atom. The Balaban J connectivity index is 3.18. The first-order valence-corrected chi connectivity index (χ1v) is 4.69. The van der Waals surface area contributed by atoms with Gasteiger partial charge in [-0.05, 0) is 18.6 Å². The molecule has 0 aliphatic rings. The van der Waals surface area contributed by atoms with Gasteiger partial charge in [0, 0.05) is 4.88 Å². The fraction of sp³-hybridized carbons (Fsp3) is 0.100. The van der Waals surface area contributed by atoms with Gasteiger partial charge in [-0.3, -0.25) is 4.79 Å². The van der Waals surface area contributed by atoms with Crippen LogP contribution in [0.1, 0.15) is 27.0 Å². The zero-order valence-electron chi connectivity index (χ0n) is 7.41. The summed E-state index contributed by atoms with van der Waals surface area (Å²) < 4.78 is 0. The highest BCUT2D eigenvalue weighted by Gasteiger charge is 2.07. The van der Waals surface area contributed by atoms with Crippen molar-refractivity contribution in [3.05, 3.63) is 34.0 Å². The molecule has 1 aromatic heterocycles. The number of primary amides is 1. The molecule has 1 aromatic rings. The third kappa shape index (κ3) is 2.06. The molecule has 2 nitrogen and oxygen atoms in total. The normalized spacial score (nSPS) is 10.5. The van der Waals surface area contributed by atoms with Crippen LogP contribution in [0.2, 0.25) is 0 Å². The molecule has 0 fully saturated rings. The maximum Gasteiger partial charge on any atom is 0.258 e. The summed E-state index contributed by atoms with van der Waals surface area (Å²) in [7, 11) is 0. The number of carbonyl (C=O) groups is 1. The van der Waals surface area contributed by atoms with Gasteiger partial charge in [-0.25, -0.2) is 0 Å². The monoisotopic (exact) mass is 193 g/mol. The summed E-state index contributed by atoms with van der Waals surface area (Å²) in [5, 5.41) is 0. The summed E-state index contributed by atoms with van der Waals surface area (Å²) in [5.74, 6) is -0.385. The second-order valence-corrected chi connectivity index (χ2v) is 3.58. The molecule has 0 saturated heterocycles. The van der Waals surface area contributed by atoms with Gasteiger partial charge >= 0.3 is 0 Å². The van der Waals surface area contributed by atoms with Gasteiger partial charge in [-0.1, -0.05) is 24.8 Å². The fourth-order valence-electron chi connectivity index (χ4n) is 1.01. The van der Waals surface area contributed by atoms with Gasteiger partial charge in [0.05, 0.1) is 4.88 Å². The molecule has 0 bridgehead atoms. The molecule has 0 radical (unpaired) electrons. The number of amides is 1. The molecular weight excluding hydrogens is 182 g/mol. The van der Waals surface area contributed by atoms with E-state index in [1.54, 1.807) is 12.1 Å². The van der Waals surface area contributed by atoms with Crippen molar-refractivity contribution in [1.29, 1.82) is 0 Å². The van der Waals surface area contributed by atoms with Crippen molar-refractivity contribution in [2.75, 3.05) is 0 Å². The molecule has 68 valence electrons. The average Bonchev–Trinajstić information content (AvgIpc) is 2.48. The second-order valence-electron chi connectivity index (χ2n) is 2.50. The Morgan fingerprint density at radius 3 is 2.85 bits per heavy atom. The van der Waals surface area contributed by atoms with Gasteiger partial charge in [-0.2, -0.15) is 0 Å². The Kier molecular flexibility index (Phi) is 3.03. The Morgan fingerprint density at radius 1 is 1.69 bits per heavy atom. The lowest BCUT2D eigenvalue weighted by Gasteiger charge is -1.86. The summed E-state index contributed by atoms with van der Waals surface area (Å²) in [6, 6.07) is 1.78. The number of nitrogens with two attached hydrogens (primary N) is 1. The van der Waals surface area contributed by atoms with Gasteiger partial charge in [0.2, 0.25) is 0 Å². The van der Waals surface area contributed by atoms with Crippen molar-refractivity contribution in [3.63, 3.8) is 0 Å². The van der Waals surface area contributed by atoms with Gasteiger partial charge in [0.15, 0.2) is 0 Å². The van der Waals surface area contributed by atoms with E-state index in [-0.39, 0.29) is 5.91 Å². The lowest BCUT2D eigenvalue weighted by Crippen LogP contribution is -2.08. The topological polar surface area (TPSA) is 43.1 Å². The predicted octanol–water partition coefficient (Wildman–Crippen LogP) is 2.52. The van der Waals surface area contributed by atoms with E-state index in [1.165, 1.54) is 11.3 Å². The standard InChI is InChI=1S/C10H11NOS/c1-3-5-7-6-9(10(11)12)13-8(7)4-2/h3-6H,2H2,1H3,(H2,11,12)/b5-3-. The van der Waals surface area contributed by atoms with Crippen LogP contribution in [0.25, 0.3) is 12.2 Å². The van der Waals surface area contributed by atoms with Crippen LogP contribution in [0.15, 0.2) is 18.7 Å². The lowest BCUT2D eigenvalue weighted by atomic mass is 10.2. The number of allylic oxidation sites excluding steroid dienone is 1.